The molecule has 3 aromatic rings. The van der Waals surface area contributed by atoms with Crippen LogP contribution in [-0.4, -0.2) is 45.7 Å². The number of ether oxygens (including phenoxy) is 1. The lowest BCUT2D eigenvalue weighted by atomic mass is 10.0. The highest BCUT2D eigenvalue weighted by Gasteiger charge is 2.41. The molecule has 34 heavy (non-hydrogen) atoms. The molecule has 1 aliphatic rings. The Morgan fingerprint density at radius 3 is 2.79 bits per heavy atom. The van der Waals surface area contributed by atoms with Crippen molar-refractivity contribution in [1.82, 2.24) is 15.2 Å². The summed E-state index contributed by atoms with van der Waals surface area (Å²) in [6.45, 7) is 0.500. The molecule has 10 heteroatoms. The van der Waals surface area contributed by atoms with Gasteiger partial charge in [0.15, 0.2) is 5.11 Å². The fourth-order valence-corrected chi connectivity index (χ4v) is 4.50. The maximum atomic E-state index is 11.6. The second kappa shape index (κ2) is 10.2. The first-order chi connectivity index (χ1) is 16.4. The van der Waals surface area contributed by atoms with E-state index in [0.717, 1.165) is 5.69 Å². The van der Waals surface area contributed by atoms with Crippen molar-refractivity contribution < 1.29 is 23.8 Å². The van der Waals surface area contributed by atoms with E-state index in [9.17, 15) is 14.7 Å². The quantitative estimate of drug-likeness (QED) is 0.339. The molecule has 1 aliphatic heterocycles. The summed E-state index contributed by atoms with van der Waals surface area (Å²) in [5.74, 6) is -0.297. The molecule has 2 atom stereocenters. The van der Waals surface area contributed by atoms with Gasteiger partial charge < -0.3 is 24.5 Å². The maximum Gasteiger partial charge on any atom is 0.335 e. The molecule has 0 bridgehead atoms. The van der Waals surface area contributed by atoms with Gasteiger partial charge in [0.25, 0.3) is 0 Å². The molecule has 0 aliphatic carbocycles. The van der Waals surface area contributed by atoms with Gasteiger partial charge in [0.05, 0.1) is 29.4 Å². The Labute approximate surface area is 206 Å². The minimum absolute atomic E-state index is 0.108. The Morgan fingerprint density at radius 2 is 2.09 bits per heavy atom. The second-order valence-corrected chi connectivity index (χ2v) is 8.50. The number of methoxy groups -OCH3 is 1. The molecule has 1 fully saturated rings. The van der Waals surface area contributed by atoms with E-state index >= 15 is 0 Å². The zero-order valence-corrected chi connectivity index (χ0v) is 19.8. The van der Waals surface area contributed by atoms with Crippen LogP contribution in [0.25, 0.3) is 11.3 Å². The first-order valence-electron chi connectivity index (χ1n) is 10.6. The van der Waals surface area contributed by atoms with Crippen LogP contribution < -0.4 is 5.32 Å². The van der Waals surface area contributed by atoms with Crippen molar-refractivity contribution in [3.8, 4) is 11.3 Å². The minimum atomic E-state index is -1.05. The standard InChI is InChI=1S/C24H22ClN3O5S/c1-32-20(29)6-4-12-28-22(21(27-24(28)34)17-5-2-3-11-26-17)19-10-9-18(33-19)15-13-14(23(30)31)7-8-16(15)25/h2-3,5,7-11,13,21-22H,4,6,12H2,1H3,(H,27,34)(H,30,31)/t21-,22+/m0/s1. The third-order valence-electron chi connectivity index (χ3n) is 5.60. The topological polar surface area (TPSA) is 105 Å². The number of benzene rings is 1. The number of aromatic nitrogens is 1. The van der Waals surface area contributed by atoms with Crippen molar-refractivity contribution in [1.29, 1.82) is 0 Å². The third kappa shape index (κ3) is 4.90. The lowest BCUT2D eigenvalue weighted by Gasteiger charge is -2.25. The summed E-state index contributed by atoms with van der Waals surface area (Å²) in [7, 11) is 1.36. The van der Waals surface area contributed by atoms with E-state index in [0.29, 0.717) is 40.2 Å². The molecule has 0 saturated carbocycles. The van der Waals surface area contributed by atoms with E-state index in [1.165, 1.54) is 25.3 Å². The van der Waals surface area contributed by atoms with E-state index in [1.54, 1.807) is 12.3 Å². The van der Waals surface area contributed by atoms with Gasteiger partial charge >= 0.3 is 11.9 Å². The average Bonchev–Trinajstić information content (AvgIpc) is 3.44. The largest absolute Gasteiger partial charge is 0.478 e. The Kier molecular flexibility index (Phi) is 7.14. The van der Waals surface area contributed by atoms with Crippen molar-refractivity contribution in [2.75, 3.05) is 13.7 Å². The number of carboxylic acid groups (broad SMARTS) is 1. The summed E-state index contributed by atoms with van der Waals surface area (Å²) in [6.07, 6.45) is 2.51. The van der Waals surface area contributed by atoms with Crippen molar-refractivity contribution in [3.63, 3.8) is 0 Å². The normalized spacial score (nSPS) is 17.5. The fraction of sp³-hybridized carbons (Fsp3) is 0.250. The number of nitrogens with zero attached hydrogens (tertiary/aromatic N) is 2. The highest BCUT2D eigenvalue weighted by molar-refractivity contribution is 7.80. The molecule has 2 aromatic heterocycles. The molecular weight excluding hydrogens is 478 g/mol. The third-order valence-corrected chi connectivity index (χ3v) is 6.28. The van der Waals surface area contributed by atoms with E-state index < -0.39 is 5.97 Å². The van der Waals surface area contributed by atoms with Crippen molar-refractivity contribution in [3.05, 3.63) is 76.8 Å². The van der Waals surface area contributed by atoms with Crippen LogP contribution in [0.5, 0.6) is 0 Å². The monoisotopic (exact) mass is 499 g/mol. The van der Waals surface area contributed by atoms with E-state index in [4.69, 9.17) is 33.0 Å². The van der Waals surface area contributed by atoms with Gasteiger partial charge in [-0.1, -0.05) is 17.7 Å². The number of carboxylic acids is 1. The fourth-order valence-electron chi connectivity index (χ4n) is 3.95. The number of pyridine rings is 1. The number of rotatable bonds is 8. The predicted molar refractivity (Wildman–Crippen MR) is 130 cm³/mol. The van der Waals surface area contributed by atoms with Crippen LogP contribution in [0, 0.1) is 0 Å². The number of hydrogen-bond donors (Lipinski definition) is 2. The Morgan fingerprint density at radius 1 is 1.26 bits per heavy atom. The summed E-state index contributed by atoms with van der Waals surface area (Å²) < 4.78 is 11.0. The second-order valence-electron chi connectivity index (χ2n) is 7.70. The molecule has 0 unspecified atom stereocenters. The van der Waals surface area contributed by atoms with Gasteiger partial charge in [0, 0.05) is 24.7 Å². The van der Waals surface area contributed by atoms with Gasteiger partial charge in [0.1, 0.15) is 17.6 Å². The number of esters is 1. The molecular formula is C24H22ClN3O5S. The Bertz CT molecular complexity index is 1220. The zero-order valence-electron chi connectivity index (χ0n) is 18.2. The Balaban J connectivity index is 1.69. The van der Waals surface area contributed by atoms with Gasteiger partial charge in [-0.25, -0.2) is 4.79 Å². The summed E-state index contributed by atoms with van der Waals surface area (Å²) in [6, 6.07) is 13.0. The average molecular weight is 500 g/mol. The highest BCUT2D eigenvalue weighted by atomic mass is 35.5. The molecule has 0 spiro atoms. The molecule has 1 aromatic carbocycles. The number of nitrogens with one attached hydrogen (secondary N) is 1. The number of hydrogen-bond acceptors (Lipinski definition) is 6. The summed E-state index contributed by atoms with van der Waals surface area (Å²) in [5, 5.41) is 13.6. The van der Waals surface area contributed by atoms with Crippen molar-refractivity contribution >= 4 is 40.9 Å². The molecule has 8 nitrogen and oxygen atoms in total. The maximum absolute atomic E-state index is 11.6. The number of carbonyl (C=O) groups excluding carboxylic acids is 1. The predicted octanol–water partition coefficient (Wildman–Crippen LogP) is 4.62. The van der Waals surface area contributed by atoms with Crippen molar-refractivity contribution in [2.24, 2.45) is 0 Å². The van der Waals surface area contributed by atoms with Crippen LogP contribution in [0.4, 0.5) is 0 Å². The minimum Gasteiger partial charge on any atom is -0.478 e. The van der Waals surface area contributed by atoms with Gasteiger partial charge in [-0.3, -0.25) is 9.78 Å². The van der Waals surface area contributed by atoms with Crippen LogP contribution in [-0.2, 0) is 9.53 Å². The molecule has 4 rings (SSSR count). The van der Waals surface area contributed by atoms with Crippen LogP contribution >= 0.6 is 23.8 Å². The first kappa shape index (κ1) is 23.7. The molecule has 0 amide bonds. The van der Waals surface area contributed by atoms with Crippen molar-refractivity contribution in [2.45, 2.75) is 24.9 Å². The smallest absolute Gasteiger partial charge is 0.335 e. The van der Waals surface area contributed by atoms with Crippen LogP contribution in [0.15, 0.2) is 59.1 Å². The molecule has 3 heterocycles. The highest BCUT2D eigenvalue weighted by Crippen LogP contribution is 2.41. The Hall–Kier alpha value is -3.43. The summed E-state index contributed by atoms with van der Waals surface area (Å²) in [4.78, 5) is 29.5. The summed E-state index contributed by atoms with van der Waals surface area (Å²) >= 11 is 12.0. The van der Waals surface area contributed by atoms with Gasteiger partial charge in [0.2, 0.25) is 0 Å². The first-order valence-corrected chi connectivity index (χ1v) is 11.4. The number of thiocarbonyl (C=S) groups is 1. The molecule has 2 N–H and O–H groups in total. The van der Waals surface area contributed by atoms with Crippen LogP contribution in [0.2, 0.25) is 5.02 Å². The number of carbonyl (C=O) groups is 2. The lowest BCUT2D eigenvalue weighted by molar-refractivity contribution is -0.140. The van der Waals surface area contributed by atoms with Gasteiger partial charge in [-0.2, -0.15) is 0 Å². The lowest BCUT2D eigenvalue weighted by Crippen LogP contribution is -2.30. The van der Waals surface area contributed by atoms with Crippen LogP contribution in [0.1, 0.15) is 46.7 Å². The van der Waals surface area contributed by atoms with Crippen LogP contribution in [0.3, 0.4) is 0 Å². The van der Waals surface area contributed by atoms with E-state index in [2.05, 4.69) is 10.3 Å². The summed E-state index contributed by atoms with van der Waals surface area (Å²) in [5.41, 5.74) is 1.37. The van der Waals surface area contributed by atoms with E-state index in [1.807, 2.05) is 29.2 Å². The van der Waals surface area contributed by atoms with E-state index in [-0.39, 0.29) is 30.0 Å². The molecule has 1 saturated heterocycles. The SMILES string of the molecule is COC(=O)CCCN1C(=S)N[C@@H](c2ccccn2)[C@H]1c1ccc(-c2cc(C(=O)O)ccc2Cl)o1. The van der Waals surface area contributed by atoms with Gasteiger partial charge in [-0.15, -0.1) is 0 Å². The molecule has 176 valence electrons. The van der Waals surface area contributed by atoms with Gasteiger partial charge in [-0.05, 0) is 61.1 Å². The molecule has 0 radical (unpaired) electrons. The number of aromatic carboxylic acids is 1. The number of halogens is 1. The zero-order chi connectivity index (χ0) is 24.2. The number of furan rings is 1.